The standard InChI is InChI=1S/C50H61IN6O4/c1-7-11-32(3)20-24-56(4)48(51)44(38-19-23-53-46-17-15-36(59-6)28-42(38)46)31-61-50-40-13-10-9-12-39(40)49(54-55-50)60-30-43(47-26-34-21-25-57(47)29-33(34)8-2)37-18-22-52-45-16-14-35(58-5)27-41(37)45/h9-10,12-19,22-23,27-28,32-34,43-44,47-48H,7-8,11,20-21,24-26,29-31H2,1-6H3/t32?,33?,34?,43-,44-,47+,48-/m0/s1. The molecule has 61 heavy (non-hydrogen) atoms. The van der Waals surface area contributed by atoms with Gasteiger partial charge in [-0.3, -0.25) is 19.8 Å². The fourth-order valence-electron chi connectivity index (χ4n) is 10.1. The lowest BCUT2D eigenvalue weighted by Gasteiger charge is -2.52. The molecule has 3 saturated heterocycles. The maximum Gasteiger partial charge on any atom is 0.241 e. The summed E-state index contributed by atoms with van der Waals surface area (Å²) < 4.78 is 25.2. The van der Waals surface area contributed by atoms with Gasteiger partial charge in [0.15, 0.2) is 0 Å². The summed E-state index contributed by atoms with van der Waals surface area (Å²) in [7, 11) is 5.66. The smallest absolute Gasteiger partial charge is 0.241 e. The summed E-state index contributed by atoms with van der Waals surface area (Å²) in [6.45, 7) is 11.1. The van der Waals surface area contributed by atoms with Crippen molar-refractivity contribution in [1.82, 2.24) is 30.0 Å². The molecular formula is C50H61IN6O4. The third-order valence-electron chi connectivity index (χ3n) is 13.6. The predicted molar refractivity (Wildman–Crippen MR) is 254 cm³/mol. The molecule has 3 aliphatic rings. The molecule has 0 radical (unpaired) electrons. The topological polar surface area (TPSA) is 95.0 Å². The lowest BCUT2D eigenvalue weighted by Crippen LogP contribution is -2.55. The van der Waals surface area contributed by atoms with E-state index in [1.54, 1.807) is 14.2 Å². The number of hydrogen-bond acceptors (Lipinski definition) is 10. The van der Waals surface area contributed by atoms with Gasteiger partial charge in [-0.1, -0.05) is 74.8 Å². The van der Waals surface area contributed by atoms with Crippen LogP contribution >= 0.6 is 22.6 Å². The van der Waals surface area contributed by atoms with Gasteiger partial charge in [0.05, 0.1) is 53.3 Å². The highest BCUT2D eigenvalue weighted by Crippen LogP contribution is 2.44. The Bertz CT molecular complexity index is 2420. The van der Waals surface area contributed by atoms with Crippen molar-refractivity contribution in [3.63, 3.8) is 0 Å². The molecule has 0 saturated carbocycles. The Labute approximate surface area is 374 Å². The molecule has 322 valence electrons. The second-order valence-corrected chi connectivity index (χ2v) is 18.6. The van der Waals surface area contributed by atoms with Crippen molar-refractivity contribution in [1.29, 1.82) is 0 Å². The molecule has 4 unspecified atom stereocenters. The minimum atomic E-state index is -0.0103. The number of alkyl halides is 1. The zero-order valence-electron chi connectivity index (χ0n) is 36.6. The van der Waals surface area contributed by atoms with Crippen LogP contribution < -0.4 is 18.9 Å². The number of hydrogen-bond donors (Lipinski definition) is 0. The second-order valence-electron chi connectivity index (χ2n) is 17.3. The first-order valence-electron chi connectivity index (χ1n) is 22.2. The van der Waals surface area contributed by atoms with Crippen molar-refractivity contribution in [3.05, 3.63) is 96.3 Å². The Morgan fingerprint density at radius 2 is 1.41 bits per heavy atom. The van der Waals surface area contributed by atoms with Crippen molar-refractivity contribution in [3.8, 4) is 23.3 Å². The van der Waals surface area contributed by atoms with E-state index in [1.807, 2.05) is 42.7 Å². The first-order valence-corrected chi connectivity index (χ1v) is 23.5. The molecule has 3 aromatic carbocycles. The number of fused-ring (bicyclic) bond motifs is 6. The number of piperidine rings is 3. The molecule has 6 aromatic rings. The van der Waals surface area contributed by atoms with E-state index >= 15 is 0 Å². The molecule has 3 aromatic heterocycles. The third kappa shape index (κ3) is 9.39. The molecule has 9 rings (SSSR count). The second kappa shape index (κ2) is 19.8. The summed E-state index contributed by atoms with van der Waals surface area (Å²) in [5.41, 5.74) is 4.29. The molecule has 8 atom stereocenters. The summed E-state index contributed by atoms with van der Waals surface area (Å²) in [4.78, 5) is 14.6. The van der Waals surface area contributed by atoms with Gasteiger partial charge in [0.1, 0.15) is 11.5 Å². The van der Waals surface area contributed by atoms with E-state index < -0.39 is 0 Å². The zero-order chi connectivity index (χ0) is 42.5. The monoisotopic (exact) mass is 936 g/mol. The number of rotatable bonds is 19. The van der Waals surface area contributed by atoms with Crippen LogP contribution in [-0.4, -0.2) is 94.2 Å². The van der Waals surface area contributed by atoms with E-state index in [-0.39, 0.29) is 15.9 Å². The normalized spacial score (nSPS) is 20.8. The minimum Gasteiger partial charge on any atom is -0.497 e. The van der Waals surface area contributed by atoms with E-state index in [0.717, 1.165) is 88.4 Å². The average Bonchev–Trinajstić information content (AvgIpc) is 3.31. The van der Waals surface area contributed by atoms with Gasteiger partial charge in [0, 0.05) is 47.6 Å². The molecule has 3 fully saturated rings. The van der Waals surface area contributed by atoms with Crippen molar-refractivity contribution in [2.45, 2.75) is 81.2 Å². The quantitative estimate of drug-likeness (QED) is 0.0444. The van der Waals surface area contributed by atoms with Crippen molar-refractivity contribution in [2.24, 2.45) is 17.8 Å². The summed E-state index contributed by atoms with van der Waals surface area (Å²) in [5.74, 6) is 4.87. The van der Waals surface area contributed by atoms with Gasteiger partial charge >= 0.3 is 0 Å². The van der Waals surface area contributed by atoms with E-state index in [0.29, 0.717) is 36.9 Å². The van der Waals surface area contributed by atoms with Crippen molar-refractivity contribution < 1.29 is 18.9 Å². The Balaban J connectivity index is 1.09. The number of ether oxygens (including phenoxy) is 4. The summed E-state index contributed by atoms with van der Waals surface area (Å²) in [5, 5.41) is 13.5. The van der Waals surface area contributed by atoms with Crippen molar-refractivity contribution >= 4 is 55.2 Å². The summed E-state index contributed by atoms with van der Waals surface area (Å²) in [6.07, 6.45) is 11.1. The lowest BCUT2D eigenvalue weighted by molar-refractivity contribution is -0.0174. The van der Waals surface area contributed by atoms with Crippen molar-refractivity contribution in [2.75, 3.05) is 54.1 Å². The van der Waals surface area contributed by atoms with Crippen LogP contribution in [0.5, 0.6) is 23.3 Å². The van der Waals surface area contributed by atoms with Gasteiger partial charge in [0.25, 0.3) is 0 Å². The molecule has 6 heterocycles. The number of halogens is 1. The van der Waals surface area contributed by atoms with E-state index in [9.17, 15) is 0 Å². The van der Waals surface area contributed by atoms with Crippen LogP contribution in [0.15, 0.2) is 85.2 Å². The largest absolute Gasteiger partial charge is 0.497 e. The Morgan fingerprint density at radius 1 is 0.787 bits per heavy atom. The highest BCUT2D eigenvalue weighted by atomic mass is 127. The first-order chi connectivity index (χ1) is 29.8. The van der Waals surface area contributed by atoms with Crippen LogP contribution in [0.1, 0.15) is 82.3 Å². The number of pyridine rings is 2. The number of aromatic nitrogens is 4. The average molecular weight is 937 g/mol. The van der Waals surface area contributed by atoms with Gasteiger partial charge in [-0.05, 0) is 129 Å². The fourth-order valence-corrected chi connectivity index (χ4v) is 11.0. The van der Waals surface area contributed by atoms with Gasteiger partial charge < -0.3 is 18.9 Å². The van der Waals surface area contributed by atoms with Crippen LogP contribution in [0, 0.1) is 17.8 Å². The zero-order valence-corrected chi connectivity index (χ0v) is 38.8. The van der Waals surface area contributed by atoms with Crippen LogP contribution in [0.3, 0.4) is 0 Å². The van der Waals surface area contributed by atoms with Crippen LogP contribution in [0.2, 0.25) is 0 Å². The predicted octanol–water partition coefficient (Wildman–Crippen LogP) is 10.7. The van der Waals surface area contributed by atoms with Crippen LogP contribution in [0.25, 0.3) is 32.6 Å². The molecule has 11 heteroatoms. The summed E-state index contributed by atoms with van der Waals surface area (Å²) >= 11 is 2.60. The molecule has 3 aliphatic heterocycles. The van der Waals surface area contributed by atoms with Gasteiger partial charge in [-0.2, -0.15) is 0 Å². The fraction of sp³-hybridized carbons (Fsp3) is 0.480. The number of benzene rings is 3. The van der Waals surface area contributed by atoms with Gasteiger partial charge in [0.2, 0.25) is 11.8 Å². The SMILES string of the molecule is CCCC(C)CCN(C)[C@H](I)[C@@H](COc1nnc(OC[C@@H](c2ccnc3ccc(OC)cc23)[C@H]2CC3CCN2CC3CC)c2ccccc12)c1ccnc2ccc(OC)cc12. The van der Waals surface area contributed by atoms with E-state index in [4.69, 9.17) is 39.1 Å². The highest BCUT2D eigenvalue weighted by Gasteiger charge is 2.43. The van der Waals surface area contributed by atoms with Crippen LogP contribution in [0.4, 0.5) is 0 Å². The Kier molecular flexibility index (Phi) is 14.1. The number of methoxy groups -OCH3 is 2. The maximum absolute atomic E-state index is 6.87. The number of nitrogens with zero attached hydrogens (tertiary/aromatic N) is 6. The van der Waals surface area contributed by atoms with Gasteiger partial charge in [-0.15, -0.1) is 10.2 Å². The van der Waals surface area contributed by atoms with E-state index in [1.165, 1.54) is 36.8 Å². The molecule has 0 amide bonds. The first kappa shape index (κ1) is 43.3. The molecular weight excluding hydrogens is 875 g/mol. The molecule has 2 bridgehead atoms. The highest BCUT2D eigenvalue weighted by molar-refractivity contribution is 14.1. The maximum atomic E-state index is 6.87. The van der Waals surface area contributed by atoms with Gasteiger partial charge in [-0.25, -0.2) is 0 Å². The Hall–Kier alpha value is -4.33. The van der Waals surface area contributed by atoms with Crippen LogP contribution in [-0.2, 0) is 0 Å². The Morgan fingerprint density at radius 3 is 2.00 bits per heavy atom. The molecule has 10 nitrogen and oxygen atoms in total. The molecule has 0 N–H and O–H groups in total. The summed E-state index contributed by atoms with van der Waals surface area (Å²) in [6, 6.07) is 25.1. The molecule has 0 aliphatic carbocycles. The minimum absolute atomic E-state index is 0.0103. The van der Waals surface area contributed by atoms with E-state index in [2.05, 4.69) is 103 Å². The third-order valence-corrected chi connectivity index (χ3v) is 15.4. The number of likely N-dealkylation sites (N-methyl/N-ethyl adjacent to an activating group) is 1. The molecule has 0 spiro atoms. The lowest BCUT2D eigenvalue weighted by atomic mass is 9.70.